The lowest BCUT2D eigenvalue weighted by atomic mass is 9.90. The minimum atomic E-state index is -0.366. The van der Waals surface area contributed by atoms with Crippen LogP contribution in [0.25, 0.3) is 0 Å². The van der Waals surface area contributed by atoms with Gasteiger partial charge in [0.25, 0.3) is 0 Å². The van der Waals surface area contributed by atoms with Crippen LogP contribution in [0.5, 0.6) is 0 Å². The van der Waals surface area contributed by atoms with Crippen LogP contribution in [0.15, 0.2) is 0 Å². The van der Waals surface area contributed by atoms with E-state index in [-0.39, 0.29) is 36.8 Å². The first-order chi connectivity index (χ1) is 6.74. The van der Waals surface area contributed by atoms with Gasteiger partial charge in [-0.15, -0.1) is 24.8 Å². The molecule has 0 heterocycles. The Balaban J connectivity index is 0.00000112. The third-order valence-corrected chi connectivity index (χ3v) is 3.31. The van der Waals surface area contributed by atoms with Gasteiger partial charge in [-0.2, -0.15) is 0 Å². The summed E-state index contributed by atoms with van der Waals surface area (Å²) in [4.78, 5) is 11.5. The molecule has 0 saturated heterocycles. The highest BCUT2D eigenvalue weighted by atomic mass is 35.5. The zero-order valence-corrected chi connectivity index (χ0v) is 11.2. The Kier molecular flexibility index (Phi) is 6.68. The Morgan fingerprint density at radius 3 is 2.00 bits per heavy atom. The van der Waals surface area contributed by atoms with Crippen LogP contribution in [0, 0.1) is 17.8 Å². The monoisotopic (exact) mass is 269 g/mol. The van der Waals surface area contributed by atoms with Gasteiger partial charge in [-0.3, -0.25) is 4.79 Å². The Morgan fingerprint density at radius 1 is 1.25 bits per heavy atom. The molecule has 2 rings (SSSR count). The van der Waals surface area contributed by atoms with Crippen LogP contribution >= 0.6 is 24.8 Å². The third-order valence-electron chi connectivity index (χ3n) is 3.31. The molecule has 96 valence electrons. The largest absolute Gasteiger partial charge is 0.465 e. The molecule has 0 aromatic carbocycles. The summed E-state index contributed by atoms with van der Waals surface area (Å²) < 4.78 is 4.98. The average Bonchev–Trinajstić information content (AvgIpc) is 2.99. The minimum Gasteiger partial charge on any atom is -0.465 e. The van der Waals surface area contributed by atoms with Crippen LogP contribution in [0.4, 0.5) is 0 Å². The van der Waals surface area contributed by atoms with Gasteiger partial charge in [0, 0.05) is 0 Å². The van der Waals surface area contributed by atoms with Crippen molar-refractivity contribution in [3.63, 3.8) is 0 Å². The molecule has 0 aromatic heterocycles. The summed E-state index contributed by atoms with van der Waals surface area (Å²) >= 11 is 0. The topological polar surface area (TPSA) is 52.3 Å². The van der Waals surface area contributed by atoms with E-state index in [2.05, 4.69) is 0 Å². The second kappa shape index (κ2) is 6.67. The van der Waals surface area contributed by atoms with Gasteiger partial charge in [-0.1, -0.05) is 0 Å². The van der Waals surface area contributed by atoms with E-state index >= 15 is 0 Å². The van der Waals surface area contributed by atoms with Gasteiger partial charge < -0.3 is 10.5 Å². The van der Waals surface area contributed by atoms with Gasteiger partial charge in [0.2, 0.25) is 0 Å². The summed E-state index contributed by atoms with van der Waals surface area (Å²) in [5, 5.41) is 0. The van der Waals surface area contributed by atoms with Gasteiger partial charge in [0.15, 0.2) is 0 Å². The van der Waals surface area contributed by atoms with E-state index in [9.17, 15) is 4.79 Å². The molecule has 2 aliphatic carbocycles. The maximum absolute atomic E-state index is 11.5. The average molecular weight is 270 g/mol. The Bertz CT molecular complexity index is 218. The number of carbonyl (C=O) groups is 1. The van der Waals surface area contributed by atoms with E-state index in [1.165, 1.54) is 25.7 Å². The first kappa shape index (κ1) is 16.0. The minimum absolute atomic E-state index is 0. The maximum Gasteiger partial charge on any atom is 0.323 e. The highest BCUT2D eigenvalue weighted by Gasteiger charge is 2.46. The number of ether oxygens (including phenoxy) is 1. The first-order valence-electron chi connectivity index (χ1n) is 5.66. The first-order valence-corrected chi connectivity index (χ1v) is 5.66. The Labute approximate surface area is 109 Å². The summed E-state index contributed by atoms with van der Waals surface area (Å²) in [6.07, 6.45) is 5.03. The number of esters is 1. The highest BCUT2D eigenvalue weighted by molar-refractivity contribution is 5.85. The van der Waals surface area contributed by atoms with Crippen molar-refractivity contribution in [1.29, 1.82) is 0 Å². The van der Waals surface area contributed by atoms with Crippen LogP contribution in [0.3, 0.4) is 0 Å². The normalized spacial score (nSPS) is 20.7. The highest BCUT2D eigenvalue weighted by Crippen LogP contribution is 2.50. The molecule has 0 aromatic rings. The zero-order chi connectivity index (χ0) is 10.1. The van der Waals surface area contributed by atoms with Crippen molar-refractivity contribution < 1.29 is 9.53 Å². The number of halogens is 2. The predicted molar refractivity (Wildman–Crippen MR) is 68.0 cm³/mol. The van der Waals surface area contributed by atoms with Crippen LogP contribution in [-0.2, 0) is 9.53 Å². The van der Waals surface area contributed by atoms with Crippen LogP contribution in [-0.4, -0.2) is 18.6 Å². The molecule has 0 bridgehead atoms. The smallest absolute Gasteiger partial charge is 0.323 e. The lowest BCUT2D eigenvalue weighted by molar-refractivity contribution is -0.146. The summed E-state index contributed by atoms with van der Waals surface area (Å²) in [6, 6.07) is -0.366. The molecule has 0 aliphatic heterocycles. The van der Waals surface area contributed by atoms with E-state index in [1.54, 1.807) is 0 Å². The lowest BCUT2D eigenvalue weighted by Gasteiger charge is -2.21. The van der Waals surface area contributed by atoms with Crippen molar-refractivity contribution in [1.82, 2.24) is 0 Å². The van der Waals surface area contributed by atoms with E-state index in [1.807, 2.05) is 6.92 Å². The molecule has 3 nitrogen and oxygen atoms in total. The fourth-order valence-corrected chi connectivity index (χ4v) is 2.33. The van der Waals surface area contributed by atoms with Crippen molar-refractivity contribution >= 4 is 30.8 Å². The molecule has 0 spiro atoms. The predicted octanol–water partition coefficient (Wildman–Crippen LogP) is 2.16. The van der Waals surface area contributed by atoms with Gasteiger partial charge in [-0.05, 0) is 50.4 Å². The van der Waals surface area contributed by atoms with Crippen LogP contribution < -0.4 is 5.73 Å². The quantitative estimate of drug-likeness (QED) is 0.779. The molecule has 0 radical (unpaired) electrons. The Hall–Kier alpha value is 0.01000. The van der Waals surface area contributed by atoms with Gasteiger partial charge in [0.1, 0.15) is 6.04 Å². The summed E-state index contributed by atoms with van der Waals surface area (Å²) in [6.45, 7) is 2.27. The molecular formula is C11H21Cl2NO2. The SMILES string of the molecule is CCOC(=O)[C@@H](N)C(C1CC1)C1CC1.Cl.Cl. The molecule has 0 amide bonds. The standard InChI is InChI=1S/C11H19NO2.2ClH/c1-2-14-11(13)10(12)9(7-3-4-7)8-5-6-8;;/h7-10H,2-6,12H2,1H3;2*1H/t10-;;/m0../s1. The number of hydrogen-bond donors (Lipinski definition) is 1. The molecule has 5 heteroatoms. The molecule has 16 heavy (non-hydrogen) atoms. The van der Waals surface area contributed by atoms with Gasteiger partial charge in [-0.25, -0.2) is 0 Å². The van der Waals surface area contributed by atoms with Crippen LogP contribution in [0.1, 0.15) is 32.6 Å². The number of nitrogens with two attached hydrogens (primary N) is 1. The molecule has 2 saturated carbocycles. The molecular weight excluding hydrogens is 249 g/mol. The van der Waals surface area contributed by atoms with Crippen molar-refractivity contribution in [2.45, 2.75) is 38.6 Å². The van der Waals surface area contributed by atoms with E-state index in [0.717, 1.165) is 0 Å². The number of carbonyl (C=O) groups excluding carboxylic acids is 1. The molecule has 2 aliphatic rings. The maximum atomic E-state index is 11.5. The van der Waals surface area contributed by atoms with Crippen molar-refractivity contribution in [3.05, 3.63) is 0 Å². The third kappa shape index (κ3) is 3.79. The van der Waals surface area contributed by atoms with Crippen molar-refractivity contribution in [2.24, 2.45) is 23.5 Å². The fourth-order valence-electron chi connectivity index (χ4n) is 2.33. The van der Waals surface area contributed by atoms with E-state index in [0.29, 0.717) is 24.4 Å². The molecule has 0 unspecified atom stereocenters. The lowest BCUT2D eigenvalue weighted by Crippen LogP contribution is -2.41. The molecule has 1 atom stereocenters. The zero-order valence-electron chi connectivity index (χ0n) is 9.56. The van der Waals surface area contributed by atoms with E-state index < -0.39 is 0 Å². The molecule has 2 fully saturated rings. The number of rotatable bonds is 5. The van der Waals surface area contributed by atoms with Crippen LogP contribution in [0.2, 0.25) is 0 Å². The van der Waals surface area contributed by atoms with Gasteiger partial charge in [0.05, 0.1) is 6.61 Å². The second-order valence-electron chi connectivity index (χ2n) is 4.53. The van der Waals surface area contributed by atoms with Crippen molar-refractivity contribution in [2.75, 3.05) is 6.61 Å². The van der Waals surface area contributed by atoms with Gasteiger partial charge >= 0.3 is 5.97 Å². The fraction of sp³-hybridized carbons (Fsp3) is 0.909. The second-order valence-corrected chi connectivity index (χ2v) is 4.53. The molecule has 2 N–H and O–H groups in total. The Morgan fingerprint density at radius 2 is 1.69 bits per heavy atom. The van der Waals surface area contributed by atoms with E-state index in [4.69, 9.17) is 10.5 Å². The summed E-state index contributed by atoms with van der Waals surface area (Å²) in [5.74, 6) is 1.63. The van der Waals surface area contributed by atoms with Crippen molar-refractivity contribution in [3.8, 4) is 0 Å². The summed E-state index contributed by atoms with van der Waals surface area (Å²) in [5.41, 5.74) is 5.95. The summed E-state index contributed by atoms with van der Waals surface area (Å²) in [7, 11) is 0. The number of hydrogen-bond acceptors (Lipinski definition) is 3.